The van der Waals surface area contributed by atoms with Gasteiger partial charge in [-0.2, -0.15) is 0 Å². The third-order valence-electron chi connectivity index (χ3n) is 6.44. The molecule has 11 nitrogen and oxygen atoms in total. The van der Waals surface area contributed by atoms with Crippen molar-refractivity contribution in [3.63, 3.8) is 0 Å². The van der Waals surface area contributed by atoms with Crippen LogP contribution in [0.25, 0.3) is 11.2 Å². The molecule has 13 heteroatoms. The molecule has 0 saturated carbocycles. The molecule has 0 spiro atoms. The highest BCUT2D eigenvalue weighted by molar-refractivity contribution is 8.13. The summed E-state index contributed by atoms with van der Waals surface area (Å²) in [5.41, 5.74) is 2.25. The van der Waals surface area contributed by atoms with Gasteiger partial charge in [-0.3, -0.25) is 9.36 Å². The zero-order valence-corrected chi connectivity index (χ0v) is 26.1. The lowest BCUT2D eigenvalue weighted by atomic mass is 10.1. The summed E-state index contributed by atoms with van der Waals surface area (Å²) in [6.07, 6.45) is 3.11. The van der Waals surface area contributed by atoms with Crippen LogP contribution in [-0.4, -0.2) is 92.4 Å². The fraction of sp³-hybridized carbons (Fsp3) is 0.769. The minimum atomic E-state index is -1.45. The molecule has 1 fully saturated rings. The van der Waals surface area contributed by atoms with Crippen molar-refractivity contribution in [2.45, 2.75) is 97.9 Å². The van der Waals surface area contributed by atoms with Crippen LogP contribution in [0.1, 0.15) is 66.3 Å². The average molecular weight is 586 g/mol. The van der Waals surface area contributed by atoms with Crippen LogP contribution in [0.2, 0.25) is 0 Å². The van der Waals surface area contributed by atoms with Crippen molar-refractivity contribution in [1.29, 1.82) is 0 Å². The summed E-state index contributed by atoms with van der Waals surface area (Å²) in [7, 11) is 0.227. The van der Waals surface area contributed by atoms with Gasteiger partial charge in [0, 0.05) is 31.4 Å². The van der Waals surface area contributed by atoms with E-state index in [2.05, 4.69) is 54.2 Å². The molecule has 39 heavy (non-hydrogen) atoms. The van der Waals surface area contributed by atoms with Crippen LogP contribution in [0, 0.1) is 6.92 Å². The molecule has 1 aliphatic rings. The first-order valence-corrected chi connectivity index (χ1v) is 15.8. The van der Waals surface area contributed by atoms with Gasteiger partial charge in [0.25, 0.3) is 8.53 Å². The molecule has 1 aliphatic heterocycles. The van der Waals surface area contributed by atoms with Crippen molar-refractivity contribution in [2.24, 2.45) is 0 Å². The quantitative estimate of drug-likeness (QED) is 0.198. The first-order chi connectivity index (χ1) is 18.7. The van der Waals surface area contributed by atoms with Crippen LogP contribution in [0.4, 0.5) is 0 Å². The van der Waals surface area contributed by atoms with E-state index >= 15 is 0 Å². The van der Waals surface area contributed by atoms with E-state index in [4.69, 9.17) is 23.3 Å². The van der Waals surface area contributed by atoms with E-state index < -0.39 is 20.9 Å². The zero-order valence-electron chi connectivity index (χ0n) is 24.4. The lowest BCUT2D eigenvalue weighted by Gasteiger charge is -2.38. The molecule has 1 saturated heterocycles. The van der Waals surface area contributed by atoms with Crippen molar-refractivity contribution >= 4 is 36.6 Å². The first-order valence-electron chi connectivity index (χ1n) is 13.7. The second kappa shape index (κ2) is 15.7. The summed E-state index contributed by atoms with van der Waals surface area (Å²) in [6.45, 7) is 15.7. The minimum Gasteiger partial charge on any atom is -0.378 e. The molecular formula is C26H44N5O6PS. The van der Waals surface area contributed by atoms with E-state index in [1.54, 1.807) is 13.4 Å². The van der Waals surface area contributed by atoms with Gasteiger partial charge in [0.1, 0.15) is 24.1 Å². The highest BCUT2D eigenvalue weighted by Crippen LogP contribution is 2.50. The number of carbonyl (C=O) groups excluding carboxylic acids is 1. The number of hydrogen-bond donors (Lipinski definition) is 0. The van der Waals surface area contributed by atoms with Crippen LogP contribution in [-0.2, 0) is 28.1 Å². The maximum absolute atomic E-state index is 11.5. The number of rotatable bonds is 16. The average Bonchev–Trinajstić information content (AvgIpc) is 3.48. The number of thioether (sulfide) groups is 1. The summed E-state index contributed by atoms with van der Waals surface area (Å²) in [4.78, 5) is 24.7. The Morgan fingerprint density at radius 2 is 1.87 bits per heavy atom. The summed E-state index contributed by atoms with van der Waals surface area (Å²) < 4.78 is 35.5. The standard InChI is InChI=1S/C26H44N5O6PS/c1-9-20-23(24(33-8)26(36-20)30-16-29-22-19(7)27-15-28-25(22)30)37-38(31(17(3)4)18(5)6)35-12-11-34-13-14-39-21(32)10-2/h15-18,20,23-24,26H,9-14H2,1-8H3/t20-,23?,24+,26-,38?/m1/s1. The summed E-state index contributed by atoms with van der Waals surface area (Å²) in [5.74, 6) is 0.643. The second-order valence-corrected chi connectivity index (χ2v) is 12.4. The Bertz CT molecular complexity index is 1040. The second-order valence-electron chi connectivity index (χ2n) is 9.85. The van der Waals surface area contributed by atoms with Crippen LogP contribution >= 0.6 is 20.3 Å². The third kappa shape index (κ3) is 8.16. The monoisotopic (exact) mass is 585 g/mol. The molecule has 0 radical (unpaired) electrons. The van der Waals surface area contributed by atoms with Gasteiger partial charge in [0.2, 0.25) is 0 Å². The largest absolute Gasteiger partial charge is 0.378 e. The molecule has 3 heterocycles. The van der Waals surface area contributed by atoms with Crippen LogP contribution in [0.3, 0.4) is 0 Å². The van der Waals surface area contributed by atoms with Gasteiger partial charge in [-0.25, -0.2) is 19.6 Å². The molecule has 0 bridgehead atoms. The van der Waals surface area contributed by atoms with Gasteiger partial charge in [-0.15, -0.1) is 0 Å². The Morgan fingerprint density at radius 3 is 2.51 bits per heavy atom. The van der Waals surface area contributed by atoms with E-state index in [0.29, 0.717) is 37.6 Å². The smallest absolute Gasteiger partial charge is 0.259 e. The van der Waals surface area contributed by atoms with Gasteiger partial charge in [0.15, 0.2) is 17.0 Å². The van der Waals surface area contributed by atoms with Gasteiger partial charge in [0.05, 0.1) is 37.9 Å². The molecule has 5 atom stereocenters. The van der Waals surface area contributed by atoms with Crippen LogP contribution in [0.5, 0.6) is 0 Å². The maximum atomic E-state index is 11.5. The predicted octanol–water partition coefficient (Wildman–Crippen LogP) is 4.89. The fourth-order valence-electron chi connectivity index (χ4n) is 4.62. The number of ether oxygens (including phenoxy) is 3. The Kier molecular flexibility index (Phi) is 13.0. The molecule has 220 valence electrons. The predicted molar refractivity (Wildman–Crippen MR) is 153 cm³/mol. The fourth-order valence-corrected chi connectivity index (χ4v) is 7.00. The number of carbonyl (C=O) groups is 1. The Morgan fingerprint density at radius 1 is 1.13 bits per heavy atom. The molecule has 0 aliphatic carbocycles. The van der Waals surface area contributed by atoms with E-state index in [0.717, 1.165) is 17.6 Å². The molecule has 2 unspecified atom stereocenters. The zero-order chi connectivity index (χ0) is 28.5. The van der Waals surface area contributed by atoms with Crippen molar-refractivity contribution in [3.8, 4) is 0 Å². The molecule has 0 amide bonds. The highest BCUT2D eigenvalue weighted by Gasteiger charge is 2.49. The van der Waals surface area contributed by atoms with E-state index in [9.17, 15) is 4.79 Å². The van der Waals surface area contributed by atoms with Crippen molar-refractivity contribution in [2.75, 3.05) is 32.7 Å². The van der Waals surface area contributed by atoms with Gasteiger partial charge in [-0.05, 0) is 41.0 Å². The number of fused-ring (bicyclic) bond motifs is 1. The molecular weight excluding hydrogens is 541 g/mol. The Hall–Kier alpha value is -1.24. The van der Waals surface area contributed by atoms with Gasteiger partial charge < -0.3 is 23.3 Å². The topological polar surface area (TPSA) is 110 Å². The van der Waals surface area contributed by atoms with E-state index in [1.807, 2.05) is 18.4 Å². The van der Waals surface area contributed by atoms with Gasteiger partial charge in [-0.1, -0.05) is 25.6 Å². The Balaban J connectivity index is 1.74. The number of aromatic nitrogens is 4. The maximum Gasteiger partial charge on any atom is 0.259 e. The SMILES string of the molecule is CCC(=O)SCCOCCOP(OC1[C@@H](CC)O[C@@H](n2cnc3c(C)ncnc32)[C@H]1OC)N(C(C)C)C(C)C. The van der Waals surface area contributed by atoms with E-state index in [-0.39, 0.29) is 29.4 Å². The molecule has 0 N–H and O–H groups in total. The van der Waals surface area contributed by atoms with Crippen molar-refractivity contribution < 1.29 is 28.1 Å². The number of nitrogens with zero attached hydrogens (tertiary/aromatic N) is 5. The van der Waals surface area contributed by atoms with Crippen molar-refractivity contribution in [1.82, 2.24) is 24.2 Å². The summed E-state index contributed by atoms with van der Waals surface area (Å²) >= 11 is 1.30. The Labute approximate surface area is 237 Å². The van der Waals surface area contributed by atoms with Crippen LogP contribution < -0.4 is 0 Å². The first kappa shape index (κ1) is 32.3. The van der Waals surface area contributed by atoms with Gasteiger partial charge >= 0.3 is 0 Å². The molecule has 2 aromatic rings. The summed E-state index contributed by atoms with van der Waals surface area (Å²) in [5, 5.41) is 0.179. The van der Waals surface area contributed by atoms with E-state index in [1.165, 1.54) is 18.1 Å². The molecule has 2 aromatic heterocycles. The highest BCUT2D eigenvalue weighted by atomic mass is 32.2. The molecule has 3 rings (SSSR count). The summed E-state index contributed by atoms with van der Waals surface area (Å²) in [6, 6.07) is 0.398. The van der Waals surface area contributed by atoms with Crippen LogP contribution in [0.15, 0.2) is 12.7 Å². The molecule has 0 aromatic carbocycles. The number of hydrogen-bond acceptors (Lipinski definition) is 11. The lowest BCUT2D eigenvalue weighted by Crippen LogP contribution is -2.39. The number of imidazole rings is 1. The lowest BCUT2D eigenvalue weighted by molar-refractivity contribution is -0.110. The normalized spacial score (nSPS) is 22.5. The number of aryl methyl sites for hydroxylation is 1. The third-order valence-corrected chi connectivity index (χ3v) is 9.55. The van der Waals surface area contributed by atoms with Crippen molar-refractivity contribution in [3.05, 3.63) is 18.3 Å². The number of methoxy groups -OCH3 is 1. The minimum absolute atomic E-state index is 0.179.